The third-order valence-electron chi connectivity index (χ3n) is 4.50. The minimum absolute atomic E-state index is 0.497. The van der Waals surface area contributed by atoms with Gasteiger partial charge in [0.2, 0.25) is 0 Å². The highest BCUT2D eigenvalue weighted by Gasteiger charge is 2.27. The zero-order valence-corrected chi connectivity index (χ0v) is 13.4. The topological polar surface area (TPSA) is 12.0 Å². The number of thioether (sulfide) groups is 1. The van der Waals surface area contributed by atoms with Crippen molar-refractivity contribution in [3.63, 3.8) is 0 Å². The molecular weight excluding hydrogens is 298 g/mol. The van der Waals surface area contributed by atoms with E-state index in [1.165, 1.54) is 33.8 Å². The van der Waals surface area contributed by atoms with E-state index in [1.54, 1.807) is 0 Å². The van der Waals surface area contributed by atoms with Gasteiger partial charge in [0.25, 0.3) is 0 Å². The Kier molecular flexibility index (Phi) is 3.70. The first kappa shape index (κ1) is 13.7. The Morgan fingerprint density at radius 2 is 1.90 bits per heavy atom. The molecule has 0 spiro atoms. The molecule has 1 aliphatic carbocycles. The Hall–Kier alpha value is -0.960. The fourth-order valence-corrected chi connectivity index (χ4v) is 4.82. The van der Waals surface area contributed by atoms with Crippen LogP contribution in [0.15, 0.2) is 47.4 Å². The molecule has 0 fully saturated rings. The van der Waals surface area contributed by atoms with E-state index in [0.29, 0.717) is 12.1 Å². The van der Waals surface area contributed by atoms with Crippen molar-refractivity contribution in [1.29, 1.82) is 0 Å². The fraction of sp³-hybridized carbons (Fsp3) is 0.333. The van der Waals surface area contributed by atoms with Gasteiger partial charge in [-0.25, -0.2) is 0 Å². The van der Waals surface area contributed by atoms with E-state index >= 15 is 0 Å². The van der Waals surface area contributed by atoms with Gasteiger partial charge in [-0.2, -0.15) is 0 Å². The molecule has 2 atom stereocenters. The molecular formula is C18H18ClNS. The standard InChI is InChI=1S/C18H18ClNS/c19-14-6-5-12-10-15(11-13(12)9-14)20-17-7-8-21-18-4-2-1-3-16(17)18/h1-6,9,15,17,20H,7-8,10-11H2. The molecule has 1 aliphatic heterocycles. The third kappa shape index (κ3) is 2.73. The zero-order chi connectivity index (χ0) is 14.2. The number of halogens is 1. The van der Waals surface area contributed by atoms with Gasteiger partial charge in [0.1, 0.15) is 0 Å². The van der Waals surface area contributed by atoms with Crippen molar-refractivity contribution >= 4 is 23.4 Å². The average molecular weight is 316 g/mol. The van der Waals surface area contributed by atoms with Crippen LogP contribution >= 0.6 is 23.4 Å². The fourth-order valence-electron chi connectivity index (χ4n) is 3.50. The first-order chi connectivity index (χ1) is 10.3. The molecule has 0 radical (unpaired) electrons. The van der Waals surface area contributed by atoms with Crippen LogP contribution < -0.4 is 5.32 Å². The van der Waals surface area contributed by atoms with Crippen LogP contribution in [0.3, 0.4) is 0 Å². The third-order valence-corrected chi connectivity index (χ3v) is 5.85. The Labute approximate surface area is 135 Å². The monoisotopic (exact) mass is 315 g/mol. The molecule has 2 aromatic carbocycles. The van der Waals surface area contributed by atoms with E-state index in [2.05, 4.69) is 41.7 Å². The lowest BCUT2D eigenvalue weighted by Gasteiger charge is -2.28. The smallest absolute Gasteiger partial charge is 0.0408 e. The lowest BCUT2D eigenvalue weighted by molar-refractivity contribution is 0.430. The van der Waals surface area contributed by atoms with Crippen molar-refractivity contribution in [3.8, 4) is 0 Å². The van der Waals surface area contributed by atoms with Gasteiger partial charge in [-0.15, -0.1) is 11.8 Å². The summed E-state index contributed by atoms with van der Waals surface area (Å²) in [6.07, 6.45) is 3.44. The molecule has 0 saturated carbocycles. The van der Waals surface area contributed by atoms with Crippen LogP contribution in [0.1, 0.15) is 29.2 Å². The Bertz CT molecular complexity index is 670. The summed E-state index contributed by atoms with van der Waals surface area (Å²) in [7, 11) is 0. The summed E-state index contributed by atoms with van der Waals surface area (Å²) in [5, 5.41) is 4.74. The maximum atomic E-state index is 6.11. The molecule has 2 aliphatic rings. The van der Waals surface area contributed by atoms with Crippen LogP contribution in [-0.4, -0.2) is 11.8 Å². The first-order valence-corrected chi connectivity index (χ1v) is 8.91. The second-order valence-corrected chi connectivity index (χ2v) is 7.49. The summed E-state index contributed by atoms with van der Waals surface area (Å²) >= 11 is 8.09. The second kappa shape index (κ2) is 5.68. The number of fused-ring (bicyclic) bond motifs is 2. The maximum absolute atomic E-state index is 6.11. The highest BCUT2D eigenvalue weighted by atomic mass is 35.5. The van der Waals surface area contributed by atoms with E-state index in [4.69, 9.17) is 11.6 Å². The van der Waals surface area contributed by atoms with Crippen LogP contribution in [0.5, 0.6) is 0 Å². The highest BCUT2D eigenvalue weighted by molar-refractivity contribution is 7.99. The largest absolute Gasteiger partial charge is 0.306 e. The Morgan fingerprint density at radius 1 is 1.05 bits per heavy atom. The molecule has 0 saturated heterocycles. The molecule has 0 aromatic heterocycles. The lowest BCUT2D eigenvalue weighted by atomic mass is 10.0. The van der Waals surface area contributed by atoms with Gasteiger partial charge in [-0.3, -0.25) is 0 Å². The van der Waals surface area contributed by atoms with Crippen molar-refractivity contribution in [3.05, 3.63) is 64.2 Å². The SMILES string of the molecule is Clc1ccc2c(c1)CC(NC1CCSc3ccccc31)C2. The maximum Gasteiger partial charge on any atom is 0.0408 e. The number of hydrogen-bond acceptors (Lipinski definition) is 2. The van der Waals surface area contributed by atoms with E-state index in [1.807, 2.05) is 17.8 Å². The predicted molar refractivity (Wildman–Crippen MR) is 90.3 cm³/mol. The van der Waals surface area contributed by atoms with Crippen LogP contribution in [0.4, 0.5) is 0 Å². The van der Waals surface area contributed by atoms with Crippen LogP contribution in [-0.2, 0) is 12.8 Å². The van der Waals surface area contributed by atoms with E-state index in [-0.39, 0.29) is 0 Å². The van der Waals surface area contributed by atoms with Crippen molar-refractivity contribution in [2.75, 3.05) is 5.75 Å². The van der Waals surface area contributed by atoms with Crippen LogP contribution in [0.2, 0.25) is 5.02 Å². The minimum atomic E-state index is 0.497. The molecule has 21 heavy (non-hydrogen) atoms. The molecule has 0 amide bonds. The normalized spacial score (nSPS) is 23.7. The molecule has 2 aromatic rings. The molecule has 1 nitrogen and oxygen atoms in total. The van der Waals surface area contributed by atoms with E-state index in [0.717, 1.165) is 17.9 Å². The van der Waals surface area contributed by atoms with Crippen molar-refractivity contribution in [2.24, 2.45) is 0 Å². The van der Waals surface area contributed by atoms with Gasteiger partial charge in [-0.1, -0.05) is 35.9 Å². The van der Waals surface area contributed by atoms with Gasteiger partial charge in [-0.05, 0) is 59.9 Å². The van der Waals surface area contributed by atoms with Crippen LogP contribution in [0.25, 0.3) is 0 Å². The second-order valence-electron chi connectivity index (χ2n) is 5.91. The van der Waals surface area contributed by atoms with Crippen molar-refractivity contribution < 1.29 is 0 Å². The minimum Gasteiger partial charge on any atom is -0.306 e. The molecule has 108 valence electrons. The Morgan fingerprint density at radius 3 is 2.86 bits per heavy atom. The molecule has 2 unspecified atom stereocenters. The molecule has 1 heterocycles. The number of benzene rings is 2. The predicted octanol–water partition coefficient (Wildman–Crippen LogP) is 4.63. The Balaban J connectivity index is 1.52. The molecule has 4 rings (SSSR count). The number of nitrogens with one attached hydrogen (secondary N) is 1. The van der Waals surface area contributed by atoms with Gasteiger partial charge < -0.3 is 5.32 Å². The lowest BCUT2D eigenvalue weighted by Crippen LogP contribution is -2.35. The number of hydrogen-bond donors (Lipinski definition) is 1. The van der Waals surface area contributed by atoms with Crippen molar-refractivity contribution in [2.45, 2.75) is 36.2 Å². The van der Waals surface area contributed by atoms with Gasteiger partial charge in [0.15, 0.2) is 0 Å². The summed E-state index contributed by atoms with van der Waals surface area (Å²) in [6, 6.07) is 16.2. The quantitative estimate of drug-likeness (QED) is 0.867. The van der Waals surface area contributed by atoms with Gasteiger partial charge >= 0.3 is 0 Å². The van der Waals surface area contributed by atoms with Gasteiger partial charge in [0, 0.05) is 22.0 Å². The average Bonchev–Trinajstić information content (AvgIpc) is 2.89. The summed E-state index contributed by atoms with van der Waals surface area (Å²) in [6.45, 7) is 0. The molecule has 1 N–H and O–H groups in total. The van der Waals surface area contributed by atoms with Gasteiger partial charge in [0.05, 0.1) is 0 Å². The summed E-state index contributed by atoms with van der Waals surface area (Å²) in [5.41, 5.74) is 4.34. The first-order valence-electron chi connectivity index (χ1n) is 7.55. The highest BCUT2D eigenvalue weighted by Crippen LogP contribution is 2.37. The summed E-state index contributed by atoms with van der Waals surface area (Å²) < 4.78 is 0. The summed E-state index contributed by atoms with van der Waals surface area (Å²) in [5.74, 6) is 1.21. The van der Waals surface area contributed by atoms with E-state index < -0.39 is 0 Å². The summed E-state index contributed by atoms with van der Waals surface area (Å²) in [4.78, 5) is 1.44. The van der Waals surface area contributed by atoms with Crippen molar-refractivity contribution in [1.82, 2.24) is 5.32 Å². The zero-order valence-electron chi connectivity index (χ0n) is 11.8. The van der Waals surface area contributed by atoms with E-state index in [9.17, 15) is 0 Å². The molecule has 3 heteroatoms. The van der Waals surface area contributed by atoms with Crippen LogP contribution in [0, 0.1) is 0 Å². The number of rotatable bonds is 2. The molecule has 0 bridgehead atoms.